The molecular weight excluding hydrogens is 329 g/mol. The molecule has 0 spiro atoms. The van der Waals surface area contributed by atoms with Gasteiger partial charge in [-0.3, -0.25) is 14.6 Å². The Bertz CT molecular complexity index is 653. The summed E-state index contributed by atoms with van der Waals surface area (Å²) in [4.78, 5) is 27.2. The normalized spacial score (nSPS) is 11.8. The van der Waals surface area contributed by atoms with Gasteiger partial charge in [-0.15, -0.1) is 0 Å². The molecule has 1 unspecified atom stereocenters. The molecule has 1 amide bonds. The fourth-order valence-electron chi connectivity index (χ4n) is 1.50. The molecule has 0 fully saturated rings. The van der Waals surface area contributed by atoms with Crippen molar-refractivity contribution in [3.8, 4) is 6.07 Å². The van der Waals surface area contributed by atoms with E-state index in [9.17, 15) is 9.59 Å². The maximum absolute atomic E-state index is 11.7. The topological polar surface area (TPSA) is 91.6 Å². The summed E-state index contributed by atoms with van der Waals surface area (Å²) in [5.74, 6) is -2.30. The lowest BCUT2D eigenvalue weighted by atomic mass is 10.1. The van der Waals surface area contributed by atoms with Gasteiger partial charge in [0.15, 0.2) is 5.92 Å². The molecule has 0 heterocycles. The van der Waals surface area contributed by atoms with Crippen LogP contribution in [0.15, 0.2) is 17.1 Å². The first-order chi connectivity index (χ1) is 10.4. The van der Waals surface area contributed by atoms with Crippen LogP contribution in [0.1, 0.15) is 17.3 Å². The summed E-state index contributed by atoms with van der Waals surface area (Å²) in [6.45, 7) is 1.79. The van der Waals surface area contributed by atoms with E-state index in [0.29, 0.717) is 0 Å². The number of rotatable bonds is 5. The van der Waals surface area contributed by atoms with Gasteiger partial charge >= 0.3 is 5.97 Å². The molecule has 0 aliphatic carbocycles. The Balaban J connectivity index is 3.15. The number of hydrogen-bond acceptors (Lipinski definition) is 5. The number of aliphatic imine (C=N–C) groups is 1. The minimum Gasteiger partial charge on any atom is -0.465 e. The van der Waals surface area contributed by atoms with Crippen molar-refractivity contribution in [2.75, 3.05) is 13.7 Å². The molecular formula is C14H13Cl2N3O3. The zero-order valence-electron chi connectivity index (χ0n) is 11.9. The maximum Gasteiger partial charge on any atom is 0.328 e. The summed E-state index contributed by atoms with van der Waals surface area (Å²) in [6, 6.07) is 4.58. The minimum atomic E-state index is -1.17. The van der Waals surface area contributed by atoms with Gasteiger partial charge in [-0.25, -0.2) is 0 Å². The Labute approximate surface area is 137 Å². The number of nitrogens with zero attached hydrogens (tertiary/aromatic N) is 2. The van der Waals surface area contributed by atoms with Gasteiger partial charge in [0.25, 0.3) is 5.91 Å². The molecule has 1 aromatic carbocycles. The number of amides is 1. The summed E-state index contributed by atoms with van der Waals surface area (Å²) in [6.07, 6.45) is 1.10. The second-order valence-electron chi connectivity index (χ2n) is 4.00. The van der Waals surface area contributed by atoms with Crippen LogP contribution in [-0.4, -0.2) is 31.7 Å². The van der Waals surface area contributed by atoms with Crippen LogP contribution >= 0.6 is 23.2 Å². The Hall–Kier alpha value is -2.10. The predicted octanol–water partition coefficient (Wildman–Crippen LogP) is 2.76. The van der Waals surface area contributed by atoms with Crippen LogP contribution in [0.4, 0.5) is 5.69 Å². The molecule has 0 aromatic heterocycles. The SMILES string of the molecule is CCOC(=O)C(C#N)C=Nc1cc(Cl)cc(C(=O)NC)c1Cl. The van der Waals surface area contributed by atoms with E-state index in [4.69, 9.17) is 33.2 Å². The lowest BCUT2D eigenvalue weighted by Gasteiger charge is -2.07. The molecule has 1 rings (SSSR count). The van der Waals surface area contributed by atoms with Crippen LogP contribution in [0.5, 0.6) is 0 Å². The summed E-state index contributed by atoms with van der Waals surface area (Å²) >= 11 is 12.0. The summed E-state index contributed by atoms with van der Waals surface area (Å²) in [5, 5.41) is 11.7. The summed E-state index contributed by atoms with van der Waals surface area (Å²) in [7, 11) is 1.45. The average molecular weight is 342 g/mol. The van der Waals surface area contributed by atoms with E-state index in [1.807, 2.05) is 0 Å². The molecule has 1 N–H and O–H groups in total. The quantitative estimate of drug-likeness (QED) is 0.658. The van der Waals surface area contributed by atoms with Gasteiger partial charge in [0.05, 0.1) is 28.9 Å². The maximum atomic E-state index is 11.7. The molecule has 0 radical (unpaired) electrons. The van der Waals surface area contributed by atoms with E-state index in [1.54, 1.807) is 13.0 Å². The molecule has 0 aliphatic rings. The molecule has 0 aliphatic heterocycles. The highest BCUT2D eigenvalue weighted by Crippen LogP contribution is 2.32. The van der Waals surface area contributed by atoms with E-state index in [1.165, 1.54) is 19.2 Å². The van der Waals surface area contributed by atoms with Crippen molar-refractivity contribution in [1.29, 1.82) is 5.26 Å². The average Bonchev–Trinajstić information content (AvgIpc) is 2.50. The molecule has 22 heavy (non-hydrogen) atoms. The third-order valence-corrected chi connectivity index (χ3v) is 3.15. The molecule has 116 valence electrons. The van der Waals surface area contributed by atoms with Crippen molar-refractivity contribution >= 4 is 47.0 Å². The monoisotopic (exact) mass is 341 g/mol. The van der Waals surface area contributed by atoms with Crippen LogP contribution < -0.4 is 5.32 Å². The van der Waals surface area contributed by atoms with Crippen molar-refractivity contribution in [1.82, 2.24) is 5.32 Å². The standard InChI is InChI=1S/C14H13Cl2N3O3/c1-3-22-14(21)8(6-17)7-19-11-5-9(15)4-10(12(11)16)13(20)18-2/h4-5,7-8H,3H2,1-2H3,(H,18,20). The zero-order valence-corrected chi connectivity index (χ0v) is 13.4. The first kappa shape index (κ1) is 18.0. The summed E-state index contributed by atoms with van der Waals surface area (Å²) < 4.78 is 4.74. The second kappa shape index (κ2) is 8.37. The molecule has 8 heteroatoms. The molecule has 1 atom stereocenters. The fraction of sp³-hybridized carbons (Fsp3) is 0.286. The molecule has 0 saturated carbocycles. The summed E-state index contributed by atoms with van der Waals surface area (Å²) in [5.41, 5.74) is 0.325. The smallest absolute Gasteiger partial charge is 0.328 e. The highest BCUT2D eigenvalue weighted by atomic mass is 35.5. The Morgan fingerprint density at radius 3 is 2.73 bits per heavy atom. The number of hydrogen-bond donors (Lipinski definition) is 1. The molecule has 0 saturated heterocycles. The van der Waals surface area contributed by atoms with Crippen molar-refractivity contribution < 1.29 is 14.3 Å². The van der Waals surface area contributed by atoms with E-state index in [2.05, 4.69) is 10.3 Å². The third-order valence-electron chi connectivity index (χ3n) is 2.53. The van der Waals surface area contributed by atoms with E-state index >= 15 is 0 Å². The van der Waals surface area contributed by atoms with E-state index < -0.39 is 17.8 Å². The Morgan fingerprint density at radius 2 is 2.18 bits per heavy atom. The molecule has 0 bridgehead atoms. The van der Waals surface area contributed by atoms with Crippen LogP contribution in [0.2, 0.25) is 10.0 Å². The van der Waals surface area contributed by atoms with Crippen molar-refractivity contribution in [2.45, 2.75) is 6.92 Å². The first-order valence-electron chi connectivity index (χ1n) is 6.26. The van der Waals surface area contributed by atoms with Gasteiger partial charge in [-0.2, -0.15) is 5.26 Å². The Kier molecular flexibility index (Phi) is 6.83. The highest BCUT2D eigenvalue weighted by molar-refractivity contribution is 6.38. The van der Waals surface area contributed by atoms with Crippen molar-refractivity contribution in [2.24, 2.45) is 10.9 Å². The van der Waals surface area contributed by atoms with Crippen LogP contribution in [0.3, 0.4) is 0 Å². The number of nitriles is 1. The Morgan fingerprint density at radius 1 is 1.50 bits per heavy atom. The van der Waals surface area contributed by atoms with Gasteiger partial charge in [-0.1, -0.05) is 23.2 Å². The van der Waals surface area contributed by atoms with Gasteiger partial charge in [0.2, 0.25) is 0 Å². The van der Waals surface area contributed by atoms with Crippen LogP contribution in [0.25, 0.3) is 0 Å². The van der Waals surface area contributed by atoms with Crippen LogP contribution in [0, 0.1) is 17.2 Å². The zero-order chi connectivity index (χ0) is 16.7. The second-order valence-corrected chi connectivity index (χ2v) is 4.82. The predicted molar refractivity (Wildman–Crippen MR) is 83.7 cm³/mol. The highest BCUT2D eigenvalue weighted by Gasteiger charge is 2.18. The van der Waals surface area contributed by atoms with Gasteiger partial charge < -0.3 is 10.1 Å². The molecule has 6 nitrogen and oxygen atoms in total. The number of halogens is 2. The number of ether oxygens (including phenoxy) is 1. The number of carbonyl (C=O) groups is 2. The van der Waals surface area contributed by atoms with Crippen molar-refractivity contribution in [3.63, 3.8) is 0 Å². The minimum absolute atomic E-state index is 0.0700. The fourth-order valence-corrected chi connectivity index (χ4v) is 1.96. The largest absolute Gasteiger partial charge is 0.465 e. The number of nitrogens with one attached hydrogen (secondary N) is 1. The molecule has 1 aromatic rings. The van der Waals surface area contributed by atoms with Gasteiger partial charge in [0.1, 0.15) is 0 Å². The number of benzene rings is 1. The lowest BCUT2D eigenvalue weighted by Crippen LogP contribution is -2.18. The van der Waals surface area contributed by atoms with Crippen molar-refractivity contribution in [3.05, 3.63) is 27.7 Å². The van der Waals surface area contributed by atoms with Gasteiger partial charge in [-0.05, 0) is 19.1 Å². The number of carbonyl (C=O) groups excluding carboxylic acids is 2. The third kappa shape index (κ3) is 4.45. The first-order valence-corrected chi connectivity index (χ1v) is 7.01. The van der Waals surface area contributed by atoms with E-state index in [0.717, 1.165) is 6.21 Å². The van der Waals surface area contributed by atoms with E-state index in [-0.39, 0.29) is 27.9 Å². The van der Waals surface area contributed by atoms with Gasteiger partial charge in [0, 0.05) is 18.3 Å². The lowest BCUT2D eigenvalue weighted by molar-refractivity contribution is -0.143. The number of esters is 1. The van der Waals surface area contributed by atoms with Crippen LogP contribution in [-0.2, 0) is 9.53 Å².